The van der Waals surface area contributed by atoms with Crippen molar-refractivity contribution >= 4 is 11.8 Å². The summed E-state index contributed by atoms with van der Waals surface area (Å²) in [6.45, 7) is 2.39. The Kier molecular flexibility index (Phi) is 6.54. The van der Waals surface area contributed by atoms with Gasteiger partial charge < -0.3 is 14.5 Å². The Morgan fingerprint density at radius 1 is 1.16 bits per heavy atom. The maximum atomic E-state index is 13.0. The highest BCUT2D eigenvalue weighted by molar-refractivity contribution is 5.85. The highest BCUT2D eigenvalue weighted by atomic mass is 16.5. The predicted octanol–water partition coefficient (Wildman–Crippen LogP) is 3.45. The molecule has 4 rings (SSSR count). The van der Waals surface area contributed by atoms with E-state index >= 15 is 0 Å². The Morgan fingerprint density at radius 3 is 2.77 bits per heavy atom. The van der Waals surface area contributed by atoms with Gasteiger partial charge in [-0.05, 0) is 61.4 Å². The number of pyridine rings is 1. The zero-order valence-corrected chi connectivity index (χ0v) is 18.3. The molecule has 1 aliphatic carbocycles. The summed E-state index contributed by atoms with van der Waals surface area (Å²) < 4.78 is 6.03. The van der Waals surface area contributed by atoms with E-state index in [9.17, 15) is 9.59 Å². The maximum Gasteiger partial charge on any atom is 0.231 e. The van der Waals surface area contributed by atoms with Crippen LogP contribution >= 0.6 is 0 Å². The summed E-state index contributed by atoms with van der Waals surface area (Å²) in [4.78, 5) is 33.8. The van der Waals surface area contributed by atoms with Crippen molar-refractivity contribution in [3.8, 4) is 5.75 Å². The van der Waals surface area contributed by atoms with Gasteiger partial charge in [-0.1, -0.05) is 18.2 Å². The van der Waals surface area contributed by atoms with Gasteiger partial charge in [0.1, 0.15) is 12.4 Å². The van der Waals surface area contributed by atoms with Crippen LogP contribution in [0.3, 0.4) is 0 Å². The number of carbonyl (C=O) groups excluding carboxylic acids is 2. The first-order valence-corrected chi connectivity index (χ1v) is 11.2. The first-order chi connectivity index (χ1) is 15.1. The van der Waals surface area contributed by atoms with Gasteiger partial charge in [-0.25, -0.2) is 0 Å². The second-order valence-corrected chi connectivity index (χ2v) is 8.83. The molecule has 2 heterocycles. The molecule has 31 heavy (non-hydrogen) atoms. The summed E-state index contributed by atoms with van der Waals surface area (Å²) in [5.41, 5.74) is 1.78. The maximum absolute atomic E-state index is 13.0. The number of nitrogens with zero attached hydrogens (tertiary/aromatic N) is 3. The van der Waals surface area contributed by atoms with Crippen molar-refractivity contribution in [1.82, 2.24) is 14.8 Å². The molecule has 2 bridgehead atoms. The number of carbonyl (C=O) groups is 2. The first kappa shape index (κ1) is 21.3. The number of rotatable bonds is 3. The molecule has 6 heteroatoms. The Morgan fingerprint density at radius 2 is 2.00 bits per heavy atom. The lowest BCUT2D eigenvalue weighted by atomic mass is 10.1. The van der Waals surface area contributed by atoms with Gasteiger partial charge in [0, 0.05) is 45.5 Å². The Balaban J connectivity index is 1.47. The molecule has 2 aliphatic rings. The molecule has 0 atom stereocenters. The smallest absolute Gasteiger partial charge is 0.231 e. The van der Waals surface area contributed by atoms with Gasteiger partial charge in [0.25, 0.3) is 0 Å². The van der Waals surface area contributed by atoms with E-state index in [0.717, 1.165) is 42.6 Å². The van der Waals surface area contributed by atoms with E-state index in [-0.39, 0.29) is 17.2 Å². The van der Waals surface area contributed by atoms with E-state index in [1.165, 1.54) is 0 Å². The first-order valence-electron chi connectivity index (χ1n) is 11.2. The van der Waals surface area contributed by atoms with Crippen molar-refractivity contribution in [3.63, 3.8) is 0 Å². The minimum Gasteiger partial charge on any atom is -0.492 e. The molecule has 1 aromatic heterocycles. The lowest BCUT2D eigenvalue weighted by Gasteiger charge is -2.27. The number of fused-ring (bicyclic) bond motifs is 2. The van der Waals surface area contributed by atoms with E-state index in [2.05, 4.69) is 4.98 Å². The van der Waals surface area contributed by atoms with Crippen LogP contribution in [-0.4, -0.2) is 53.3 Å². The molecule has 6 nitrogen and oxygen atoms in total. The third-order valence-corrected chi connectivity index (χ3v) is 6.32. The molecule has 164 valence electrons. The summed E-state index contributed by atoms with van der Waals surface area (Å²) in [5, 5.41) is 0. The topological polar surface area (TPSA) is 62.7 Å². The number of hydrogen-bond acceptors (Lipinski definition) is 4. The van der Waals surface area contributed by atoms with Crippen LogP contribution in [-0.2, 0) is 22.6 Å². The average molecular weight is 422 g/mol. The highest BCUT2D eigenvalue weighted by Crippen LogP contribution is 2.47. The quantitative estimate of drug-likeness (QED) is 0.762. The van der Waals surface area contributed by atoms with Crippen molar-refractivity contribution in [2.75, 3.05) is 26.7 Å². The fourth-order valence-corrected chi connectivity index (χ4v) is 4.15. The van der Waals surface area contributed by atoms with Crippen LogP contribution in [0.25, 0.3) is 0 Å². The van der Waals surface area contributed by atoms with Gasteiger partial charge in [-0.2, -0.15) is 0 Å². The molecular formula is C25H31N3O3. The molecule has 0 saturated heterocycles. The van der Waals surface area contributed by atoms with E-state index in [1.807, 2.05) is 59.4 Å². The van der Waals surface area contributed by atoms with E-state index in [1.54, 1.807) is 6.20 Å². The van der Waals surface area contributed by atoms with Gasteiger partial charge in [-0.15, -0.1) is 0 Å². The molecule has 1 spiro atoms. The SMILES string of the molecule is CN1CCCCN(C(=O)CCc2cccnc2)Cc2cccc(c2)OCC2(CC2)C1=O. The second-order valence-electron chi connectivity index (χ2n) is 8.83. The van der Waals surface area contributed by atoms with Crippen molar-refractivity contribution in [2.24, 2.45) is 5.41 Å². The standard InChI is InChI=1S/C25H31N3O3/c1-27-14-2-3-15-28(23(29)10-9-20-7-5-13-26-17-20)18-21-6-4-8-22(16-21)31-19-25(11-12-25)24(27)30/h4-8,13,16-17H,2-3,9-12,14-15,18-19H2,1H3. The van der Waals surface area contributed by atoms with Crippen LogP contribution < -0.4 is 4.74 Å². The van der Waals surface area contributed by atoms with Crippen molar-refractivity contribution < 1.29 is 14.3 Å². The van der Waals surface area contributed by atoms with E-state index in [0.29, 0.717) is 39.1 Å². The summed E-state index contributed by atoms with van der Waals surface area (Å²) in [6, 6.07) is 11.8. The van der Waals surface area contributed by atoms with Crippen LogP contribution in [0.4, 0.5) is 0 Å². The largest absolute Gasteiger partial charge is 0.492 e. The van der Waals surface area contributed by atoms with Gasteiger partial charge in [-0.3, -0.25) is 14.6 Å². The molecule has 0 radical (unpaired) electrons. The fourth-order valence-electron chi connectivity index (χ4n) is 4.15. The minimum atomic E-state index is -0.344. The average Bonchev–Trinajstić information content (AvgIpc) is 3.59. The number of aryl methyl sites for hydroxylation is 1. The Bertz CT molecular complexity index is 911. The van der Waals surface area contributed by atoms with Crippen LogP contribution in [0.2, 0.25) is 0 Å². The number of benzene rings is 1. The molecule has 1 saturated carbocycles. The molecule has 2 aromatic rings. The van der Waals surface area contributed by atoms with Crippen molar-refractivity contribution in [2.45, 2.75) is 45.1 Å². The third-order valence-electron chi connectivity index (χ3n) is 6.32. The van der Waals surface area contributed by atoms with Crippen LogP contribution in [0.5, 0.6) is 5.75 Å². The van der Waals surface area contributed by atoms with Crippen molar-refractivity contribution in [3.05, 3.63) is 59.9 Å². The molecule has 0 N–H and O–H groups in total. The zero-order valence-electron chi connectivity index (χ0n) is 18.3. The minimum absolute atomic E-state index is 0.142. The van der Waals surface area contributed by atoms with Crippen LogP contribution in [0.15, 0.2) is 48.8 Å². The normalized spacial score (nSPS) is 18.9. The summed E-state index contributed by atoms with van der Waals surface area (Å²) in [7, 11) is 1.88. The van der Waals surface area contributed by atoms with Gasteiger partial charge in [0.15, 0.2) is 0 Å². The number of hydrogen-bond donors (Lipinski definition) is 0. The Labute approximate surface area is 184 Å². The summed E-state index contributed by atoms with van der Waals surface area (Å²) >= 11 is 0. The van der Waals surface area contributed by atoms with Crippen molar-refractivity contribution in [1.29, 1.82) is 0 Å². The summed E-state index contributed by atoms with van der Waals surface area (Å²) in [6.07, 6.45) is 8.26. The molecule has 1 aliphatic heterocycles. The highest BCUT2D eigenvalue weighted by Gasteiger charge is 2.52. The third kappa shape index (κ3) is 5.43. The van der Waals surface area contributed by atoms with E-state index in [4.69, 9.17) is 4.74 Å². The number of ether oxygens (including phenoxy) is 1. The fraction of sp³-hybridized carbons (Fsp3) is 0.480. The summed E-state index contributed by atoms with van der Waals surface area (Å²) in [5.74, 6) is 1.09. The van der Waals surface area contributed by atoms with Crippen LogP contribution in [0, 0.1) is 5.41 Å². The van der Waals surface area contributed by atoms with Gasteiger partial charge in [0.05, 0.1) is 5.41 Å². The second kappa shape index (κ2) is 9.50. The van der Waals surface area contributed by atoms with E-state index < -0.39 is 0 Å². The lowest BCUT2D eigenvalue weighted by molar-refractivity contribution is -0.137. The molecular weight excluding hydrogens is 390 g/mol. The monoisotopic (exact) mass is 421 g/mol. The zero-order chi connectivity index (χ0) is 21.7. The molecule has 2 amide bonds. The number of aromatic nitrogens is 1. The number of amides is 2. The van der Waals surface area contributed by atoms with Gasteiger partial charge >= 0.3 is 0 Å². The van der Waals surface area contributed by atoms with Gasteiger partial charge in [0.2, 0.25) is 11.8 Å². The Hall–Kier alpha value is -2.89. The van der Waals surface area contributed by atoms with Crippen LogP contribution in [0.1, 0.15) is 43.2 Å². The molecule has 1 fully saturated rings. The lowest BCUT2D eigenvalue weighted by Crippen LogP contribution is -2.38. The predicted molar refractivity (Wildman–Crippen MR) is 118 cm³/mol. The molecule has 1 aromatic carbocycles. The molecule has 0 unspecified atom stereocenters.